The van der Waals surface area contributed by atoms with Crippen LogP contribution >= 0.6 is 0 Å². The van der Waals surface area contributed by atoms with Crippen molar-refractivity contribution in [3.63, 3.8) is 0 Å². The summed E-state index contributed by atoms with van der Waals surface area (Å²) in [4.78, 5) is 5.35. The molecule has 0 saturated heterocycles. The van der Waals surface area contributed by atoms with Gasteiger partial charge in [0.2, 0.25) is 0 Å². The van der Waals surface area contributed by atoms with Crippen molar-refractivity contribution in [2.45, 2.75) is 6.92 Å². The van der Waals surface area contributed by atoms with Crippen LogP contribution in [0.3, 0.4) is 0 Å². The lowest BCUT2D eigenvalue weighted by molar-refractivity contribution is 1.15. The van der Waals surface area contributed by atoms with E-state index in [0.29, 0.717) is 0 Å². The van der Waals surface area contributed by atoms with E-state index in [1.165, 1.54) is 87.5 Å². The summed E-state index contributed by atoms with van der Waals surface area (Å²) in [7, 11) is 0. The molecule has 0 spiro atoms. The Kier molecular flexibility index (Phi) is 5.70. The van der Waals surface area contributed by atoms with Crippen molar-refractivity contribution in [1.82, 2.24) is 14.0 Å². The number of para-hydroxylation sites is 3. The number of nitrogens with zero attached hydrogens (tertiary/aromatic N) is 3. The molecule has 0 amide bonds. The van der Waals surface area contributed by atoms with E-state index in [2.05, 4.69) is 186 Å². The van der Waals surface area contributed by atoms with Crippen LogP contribution in [-0.2, 0) is 0 Å². The summed E-state index contributed by atoms with van der Waals surface area (Å²) in [5.74, 6) is 0. The zero-order valence-electron chi connectivity index (χ0n) is 29.0. The maximum Gasteiger partial charge on any atom is 0.0760 e. The number of benzene rings is 8. The lowest BCUT2D eigenvalue weighted by atomic mass is 9.98. The highest BCUT2D eigenvalue weighted by atomic mass is 15.0. The highest BCUT2D eigenvalue weighted by Gasteiger charge is 2.26. The Morgan fingerprint density at radius 3 is 1.94 bits per heavy atom. The number of pyridine rings is 1. The molecule has 8 aromatic carbocycles. The van der Waals surface area contributed by atoms with Crippen molar-refractivity contribution in [2.75, 3.05) is 0 Å². The summed E-state index contributed by atoms with van der Waals surface area (Å²) in [6, 6.07) is 62.0. The molecule has 12 rings (SSSR count). The first-order chi connectivity index (χ1) is 26.2. The van der Waals surface area contributed by atoms with E-state index in [9.17, 15) is 0 Å². The van der Waals surface area contributed by atoms with Gasteiger partial charge < -0.3 is 8.97 Å². The van der Waals surface area contributed by atoms with Crippen LogP contribution in [0.1, 0.15) is 5.56 Å². The fourth-order valence-electron chi connectivity index (χ4n) is 9.26. The topological polar surface area (TPSA) is 22.2 Å². The minimum atomic E-state index is 0.989. The van der Waals surface area contributed by atoms with Crippen molar-refractivity contribution in [3.05, 3.63) is 175 Å². The van der Waals surface area contributed by atoms with E-state index < -0.39 is 0 Å². The van der Waals surface area contributed by atoms with Crippen molar-refractivity contribution in [2.24, 2.45) is 0 Å². The molecule has 0 radical (unpaired) electrons. The van der Waals surface area contributed by atoms with Gasteiger partial charge in [-0.15, -0.1) is 0 Å². The van der Waals surface area contributed by atoms with Crippen LogP contribution in [0, 0.1) is 6.92 Å². The summed E-state index contributed by atoms with van der Waals surface area (Å²) in [6.07, 6.45) is 0. The maximum absolute atomic E-state index is 5.35. The Hall–Kier alpha value is -6.97. The second-order valence-corrected chi connectivity index (χ2v) is 14.4. The zero-order valence-corrected chi connectivity index (χ0v) is 29.0. The van der Waals surface area contributed by atoms with E-state index in [1.54, 1.807) is 0 Å². The van der Waals surface area contributed by atoms with E-state index in [-0.39, 0.29) is 0 Å². The molecule has 0 saturated carbocycles. The van der Waals surface area contributed by atoms with Gasteiger partial charge in [0.05, 0.1) is 44.5 Å². The van der Waals surface area contributed by atoms with Gasteiger partial charge in [0.1, 0.15) is 0 Å². The SMILES string of the molecule is Cc1c(-c2ccc3ccccc3c2)nc2ccccc2c1-n1c2ccccc2c2c3c4ccccc4n4c5cc(-c6ccccc6)ccc5c(cc21)c34. The van der Waals surface area contributed by atoms with Gasteiger partial charge in [-0.2, -0.15) is 0 Å². The first-order valence-corrected chi connectivity index (χ1v) is 18.3. The predicted molar refractivity (Wildman–Crippen MR) is 224 cm³/mol. The second-order valence-electron chi connectivity index (χ2n) is 14.4. The Balaban J connectivity index is 1.26. The highest BCUT2D eigenvalue weighted by molar-refractivity contribution is 6.36. The molecule has 0 aliphatic heterocycles. The van der Waals surface area contributed by atoms with Crippen molar-refractivity contribution < 1.29 is 0 Å². The molecule has 0 fully saturated rings. The molecule has 53 heavy (non-hydrogen) atoms. The van der Waals surface area contributed by atoms with Crippen LogP contribution in [0.2, 0.25) is 0 Å². The third-order valence-electron chi connectivity index (χ3n) is 11.6. The van der Waals surface area contributed by atoms with Gasteiger partial charge in [-0.25, -0.2) is 4.98 Å². The summed E-state index contributed by atoms with van der Waals surface area (Å²) >= 11 is 0. The molecule has 0 aliphatic rings. The van der Waals surface area contributed by atoms with Gasteiger partial charge in [-0.1, -0.05) is 133 Å². The average molecular weight is 674 g/mol. The quantitative estimate of drug-likeness (QED) is 0.183. The number of hydrogen-bond acceptors (Lipinski definition) is 1. The number of aromatic nitrogens is 3. The average Bonchev–Trinajstić information content (AvgIpc) is 3.85. The standard InChI is InChI=1S/C50H31N3/c1-30-48(35-24-23-32-15-5-6-16-33(32)27-35)51-41-20-10-7-17-37(41)49(30)53-42-21-11-8-18-38(42)46-45(53)29-40-36-26-25-34(31-13-3-2-4-14-31)28-44(36)52-43-22-12-9-19-39(43)47(46)50(40)52/h2-29H,1H3. The summed E-state index contributed by atoms with van der Waals surface area (Å²) in [6.45, 7) is 2.25. The van der Waals surface area contributed by atoms with E-state index in [0.717, 1.165) is 27.7 Å². The monoisotopic (exact) mass is 673 g/mol. The fourth-order valence-corrected chi connectivity index (χ4v) is 9.26. The maximum atomic E-state index is 5.35. The molecular formula is C50H31N3. The Morgan fingerprint density at radius 1 is 0.415 bits per heavy atom. The number of hydrogen-bond donors (Lipinski definition) is 0. The molecule has 4 heterocycles. The molecule has 0 N–H and O–H groups in total. The van der Waals surface area contributed by atoms with E-state index >= 15 is 0 Å². The molecule has 0 aliphatic carbocycles. The number of fused-ring (bicyclic) bond motifs is 12. The van der Waals surface area contributed by atoms with Crippen LogP contribution in [-0.4, -0.2) is 14.0 Å². The molecule has 3 heteroatoms. The molecule has 0 bridgehead atoms. The Bertz CT molecular complexity index is 3460. The first-order valence-electron chi connectivity index (χ1n) is 18.3. The molecule has 4 aromatic heterocycles. The Morgan fingerprint density at radius 2 is 1.09 bits per heavy atom. The van der Waals surface area contributed by atoms with Crippen LogP contribution in [0.15, 0.2) is 170 Å². The van der Waals surface area contributed by atoms with Crippen molar-refractivity contribution in [3.8, 4) is 28.1 Å². The molecular weight excluding hydrogens is 643 g/mol. The zero-order chi connectivity index (χ0) is 34.8. The van der Waals surface area contributed by atoms with Gasteiger partial charge in [-0.05, 0) is 65.2 Å². The minimum Gasteiger partial charge on any atom is -0.308 e. The lowest BCUT2D eigenvalue weighted by Gasteiger charge is -2.18. The van der Waals surface area contributed by atoms with E-state index in [1.807, 2.05) is 0 Å². The summed E-state index contributed by atoms with van der Waals surface area (Å²) in [5.41, 5.74) is 14.1. The fraction of sp³-hybridized carbons (Fsp3) is 0.0200. The molecule has 0 atom stereocenters. The summed E-state index contributed by atoms with van der Waals surface area (Å²) in [5, 5.41) is 11.3. The van der Waals surface area contributed by atoms with Crippen LogP contribution in [0.5, 0.6) is 0 Å². The highest BCUT2D eigenvalue weighted by Crippen LogP contribution is 2.48. The summed E-state index contributed by atoms with van der Waals surface area (Å²) < 4.78 is 5.05. The second kappa shape index (κ2) is 10.5. The minimum absolute atomic E-state index is 0.989. The van der Waals surface area contributed by atoms with E-state index in [4.69, 9.17) is 4.98 Å². The normalized spacial score (nSPS) is 12.2. The van der Waals surface area contributed by atoms with Gasteiger partial charge in [0.25, 0.3) is 0 Å². The third-order valence-corrected chi connectivity index (χ3v) is 11.6. The Labute approximate surface area is 304 Å². The smallest absolute Gasteiger partial charge is 0.0760 e. The van der Waals surface area contributed by atoms with Crippen LogP contribution < -0.4 is 0 Å². The van der Waals surface area contributed by atoms with Crippen molar-refractivity contribution in [1.29, 1.82) is 0 Å². The number of rotatable bonds is 3. The van der Waals surface area contributed by atoms with Gasteiger partial charge in [0, 0.05) is 48.8 Å². The molecule has 0 unspecified atom stereocenters. The van der Waals surface area contributed by atoms with Crippen molar-refractivity contribution >= 4 is 81.6 Å². The molecule has 246 valence electrons. The van der Waals surface area contributed by atoms with Gasteiger partial charge in [-0.3, -0.25) is 0 Å². The first kappa shape index (κ1) is 28.7. The third kappa shape index (κ3) is 3.86. The van der Waals surface area contributed by atoms with Gasteiger partial charge >= 0.3 is 0 Å². The molecule has 3 nitrogen and oxygen atoms in total. The predicted octanol–water partition coefficient (Wildman–Crippen LogP) is 13.3. The molecule has 12 aromatic rings. The lowest BCUT2D eigenvalue weighted by Crippen LogP contribution is -2.02. The van der Waals surface area contributed by atoms with Gasteiger partial charge in [0.15, 0.2) is 0 Å². The van der Waals surface area contributed by atoms with Crippen LogP contribution in [0.25, 0.3) is 110 Å². The van der Waals surface area contributed by atoms with Crippen LogP contribution in [0.4, 0.5) is 0 Å². The largest absolute Gasteiger partial charge is 0.308 e.